The molecule has 4 heterocycles. The highest BCUT2D eigenvalue weighted by Gasteiger charge is 2.32. The molecule has 3 aromatic heterocycles. The lowest BCUT2D eigenvalue weighted by Gasteiger charge is -2.19. The van der Waals surface area contributed by atoms with E-state index in [1.54, 1.807) is 30.4 Å². The van der Waals surface area contributed by atoms with Crippen LogP contribution in [0.5, 0.6) is 0 Å². The highest BCUT2D eigenvalue weighted by Crippen LogP contribution is 2.33. The van der Waals surface area contributed by atoms with Crippen molar-refractivity contribution in [3.63, 3.8) is 0 Å². The number of nitrogens with two attached hydrogens (primary N) is 1. The van der Waals surface area contributed by atoms with E-state index in [1.165, 1.54) is 10.9 Å². The number of nitrogens with zero attached hydrogens (tertiary/aromatic N) is 5. The molecule has 0 spiro atoms. The fourth-order valence-electron chi connectivity index (χ4n) is 4.07. The quantitative estimate of drug-likeness (QED) is 0.716. The normalized spacial score (nSPS) is 16.1. The number of hydrogen-bond donors (Lipinski definition) is 1. The summed E-state index contributed by atoms with van der Waals surface area (Å²) in [4.78, 5) is 40.4. The summed E-state index contributed by atoms with van der Waals surface area (Å²) in [5, 5.41) is 0. The number of nitrogen functional groups attached to an aromatic ring is 1. The third-order valence-corrected chi connectivity index (χ3v) is 5.78. The highest BCUT2D eigenvalue weighted by atomic mass is 16.2. The van der Waals surface area contributed by atoms with E-state index in [9.17, 15) is 9.59 Å². The van der Waals surface area contributed by atoms with Crippen LogP contribution in [0.3, 0.4) is 0 Å². The lowest BCUT2D eigenvalue weighted by atomic mass is 9.96. The first-order valence-electron chi connectivity index (χ1n) is 9.85. The first-order valence-corrected chi connectivity index (χ1v) is 9.85. The number of likely N-dealkylation sites (tertiary alicyclic amines) is 1. The zero-order valence-corrected chi connectivity index (χ0v) is 17.3. The van der Waals surface area contributed by atoms with E-state index in [2.05, 4.69) is 15.0 Å². The largest absolute Gasteiger partial charge is 0.384 e. The summed E-state index contributed by atoms with van der Waals surface area (Å²) in [7, 11) is 1.69. The minimum Gasteiger partial charge on any atom is -0.384 e. The zero-order valence-electron chi connectivity index (χ0n) is 17.3. The number of rotatable bonds is 3. The van der Waals surface area contributed by atoms with Gasteiger partial charge in [0.1, 0.15) is 17.7 Å². The average molecular weight is 404 g/mol. The Hall–Kier alpha value is -3.55. The van der Waals surface area contributed by atoms with Crippen LogP contribution in [0.15, 0.2) is 41.7 Å². The topological polar surface area (TPSA) is 107 Å². The molecule has 0 unspecified atom stereocenters. The monoisotopic (exact) mass is 404 g/mol. The van der Waals surface area contributed by atoms with Crippen molar-refractivity contribution < 1.29 is 4.79 Å². The molecule has 154 valence electrons. The fraction of sp³-hybridized carbons (Fsp3) is 0.318. The molecule has 1 fully saturated rings. The Morgan fingerprint density at radius 3 is 2.80 bits per heavy atom. The number of aryl methyl sites for hydroxylation is 2. The molecule has 0 saturated carbocycles. The maximum Gasteiger partial charge on any atom is 0.263 e. The maximum atomic E-state index is 13.2. The van der Waals surface area contributed by atoms with Crippen LogP contribution in [0.2, 0.25) is 0 Å². The Bertz CT molecular complexity index is 1190. The van der Waals surface area contributed by atoms with E-state index in [0.717, 1.165) is 28.9 Å². The van der Waals surface area contributed by atoms with Crippen molar-refractivity contribution in [1.82, 2.24) is 24.4 Å². The molecule has 0 aromatic carbocycles. The summed E-state index contributed by atoms with van der Waals surface area (Å²) in [5.41, 5.74) is 10.0. The SMILES string of the molecule is Cc1cc(C)n(C)c(=O)c1C(=O)N1CC[C@@H](c2ncncc2-c2ccnc(N)c2)C1. The molecule has 1 saturated heterocycles. The van der Waals surface area contributed by atoms with Crippen molar-refractivity contribution >= 4 is 11.7 Å². The third-order valence-electron chi connectivity index (χ3n) is 5.78. The summed E-state index contributed by atoms with van der Waals surface area (Å²) in [5.74, 6) is 0.256. The third kappa shape index (κ3) is 3.45. The van der Waals surface area contributed by atoms with Gasteiger partial charge < -0.3 is 15.2 Å². The number of pyridine rings is 2. The van der Waals surface area contributed by atoms with E-state index >= 15 is 0 Å². The van der Waals surface area contributed by atoms with Crippen LogP contribution in [0, 0.1) is 13.8 Å². The second-order valence-corrected chi connectivity index (χ2v) is 7.74. The van der Waals surface area contributed by atoms with Gasteiger partial charge in [-0.2, -0.15) is 0 Å². The Morgan fingerprint density at radius 2 is 2.03 bits per heavy atom. The maximum absolute atomic E-state index is 13.2. The van der Waals surface area contributed by atoms with Gasteiger partial charge >= 0.3 is 0 Å². The van der Waals surface area contributed by atoms with Crippen LogP contribution in [0.4, 0.5) is 5.82 Å². The van der Waals surface area contributed by atoms with Crippen molar-refractivity contribution in [1.29, 1.82) is 0 Å². The molecular formula is C22H24N6O2. The minimum atomic E-state index is -0.254. The molecular weight excluding hydrogens is 380 g/mol. The number of amides is 1. The molecule has 30 heavy (non-hydrogen) atoms. The van der Waals surface area contributed by atoms with Gasteiger partial charge in [0.25, 0.3) is 11.5 Å². The summed E-state index contributed by atoms with van der Waals surface area (Å²) in [6.07, 6.45) is 5.71. The van der Waals surface area contributed by atoms with Crippen LogP contribution in [0.1, 0.15) is 39.6 Å². The first kappa shape index (κ1) is 19.8. The molecule has 8 nitrogen and oxygen atoms in total. The zero-order chi connectivity index (χ0) is 21.4. The predicted molar refractivity (Wildman–Crippen MR) is 114 cm³/mol. The molecule has 8 heteroatoms. The van der Waals surface area contributed by atoms with Gasteiger partial charge in [0, 0.05) is 49.7 Å². The van der Waals surface area contributed by atoms with Crippen LogP contribution in [-0.2, 0) is 7.05 Å². The highest BCUT2D eigenvalue weighted by molar-refractivity contribution is 5.95. The number of carbonyl (C=O) groups excluding carboxylic acids is 1. The summed E-state index contributed by atoms with van der Waals surface area (Å²) in [6, 6.07) is 5.54. The number of anilines is 1. The first-order chi connectivity index (χ1) is 14.4. The molecule has 3 aromatic rings. The predicted octanol–water partition coefficient (Wildman–Crippen LogP) is 2.07. The van der Waals surface area contributed by atoms with Gasteiger partial charge in [-0.3, -0.25) is 9.59 Å². The summed E-state index contributed by atoms with van der Waals surface area (Å²) >= 11 is 0. The number of carbonyl (C=O) groups is 1. The molecule has 0 bridgehead atoms. The molecule has 4 rings (SSSR count). The van der Waals surface area contributed by atoms with E-state index in [0.29, 0.717) is 24.5 Å². The number of aromatic nitrogens is 4. The van der Waals surface area contributed by atoms with Crippen molar-refractivity contribution in [2.75, 3.05) is 18.8 Å². The standard InChI is InChI=1S/C22H24N6O2/c1-13-8-14(2)27(3)21(29)19(13)22(30)28-7-5-16(11-28)20-17(10-24-12-26-20)15-4-6-25-18(23)9-15/h4,6,8-10,12,16H,5,7,11H2,1-3H3,(H2,23,25)/t16-/m1/s1. The van der Waals surface area contributed by atoms with Crippen molar-refractivity contribution in [2.24, 2.45) is 7.05 Å². The molecule has 0 radical (unpaired) electrons. The van der Waals surface area contributed by atoms with Crippen molar-refractivity contribution in [3.05, 3.63) is 69.8 Å². The Kier molecular flexibility index (Phi) is 5.07. The van der Waals surface area contributed by atoms with Gasteiger partial charge in [-0.25, -0.2) is 15.0 Å². The Labute approximate surface area is 174 Å². The molecule has 1 amide bonds. The minimum absolute atomic E-state index is 0.0518. The van der Waals surface area contributed by atoms with Crippen LogP contribution in [0.25, 0.3) is 11.1 Å². The molecule has 1 atom stereocenters. The van der Waals surface area contributed by atoms with Gasteiger partial charge in [-0.15, -0.1) is 0 Å². The van der Waals surface area contributed by atoms with Gasteiger partial charge in [0.05, 0.1) is 5.69 Å². The smallest absolute Gasteiger partial charge is 0.263 e. The van der Waals surface area contributed by atoms with E-state index in [-0.39, 0.29) is 22.9 Å². The molecule has 1 aliphatic heterocycles. The fourth-order valence-corrected chi connectivity index (χ4v) is 4.07. The van der Waals surface area contributed by atoms with Crippen LogP contribution in [-0.4, -0.2) is 43.4 Å². The molecule has 0 aliphatic carbocycles. The average Bonchev–Trinajstić information content (AvgIpc) is 3.22. The summed E-state index contributed by atoms with van der Waals surface area (Å²) < 4.78 is 1.52. The van der Waals surface area contributed by atoms with Crippen LogP contribution < -0.4 is 11.3 Å². The number of hydrogen-bond acceptors (Lipinski definition) is 6. The Morgan fingerprint density at radius 1 is 1.23 bits per heavy atom. The van der Waals surface area contributed by atoms with Gasteiger partial charge in [0.2, 0.25) is 0 Å². The van der Waals surface area contributed by atoms with Gasteiger partial charge in [-0.1, -0.05) is 0 Å². The molecule has 2 N–H and O–H groups in total. The van der Waals surface area contributed by atoms with Crippen LogP contribution >= 0.6 is 0 Å². The summed E-state index contributed by atoms with van der Waals surface area (Å²) in [6.45, 7) is 4.74. The van der Waals surface area contributed by atoms with E-state index in [4.69, 9.17) is 5.73 Å². The van der Waals surface area contributed by atoms with Gasteiger partial charge in [-0.05, 0) is 49.6 Å². The van der Waals surface area contributed by atoms with E-state index < -0.39 is 0 Å². The lowest BCUT2D eigenvalue weighted by molar-refractivity contribution is 0.0787. The lowest BCUT2D eigenvalue weighted by Crippen LogP contribution is -2.36. The molecule has 1 aliphatic rings. The van der Waals surface area contributed by atoms with Crippen molar-refractivity contribution in [3.8, 4) is 11.1 Å². The van der Waals surface area contributed by atoms with E-state index in [1.807, 2.05) is 26.0 Å². The Balaban J connectivity index is 1.63. The van der Waals surface area contributed by atoms with Gasteiger partial charge in [0.15, 0.2) is 0 Å². The van der Waals surface area contributed by atoms with Crippen molar-refractivity contribution in [2.45, 2.75) is 26.2 Å². The second-order valence-electron chi connectivity index (χ2n) is 7.74. The second kappa shape index (κ2) is 7.70.